The highest BCUT2D eigenvalue weighted by Crippen LogP contribution is 2.30. The SMILES string of the molecule is CCc1cc(NCc2ccc(-c3ccccc3-c3nn[nH]n3)cc2)n2c(C(=O)OC)cnc2n1. The molecule has 0 saturated carbocycles. The van der Waals surface area contributed by atoms with Crippen molar-refractivity contribution in [2.75, 3.05) is 12.4 Å². The zero-order valence-electron chi connectivity index (χ0n) is 18.7. The summed E-state index contributed by atoms with van der Waals surface area (Å²) in [7, 11) is 1.35. The van der Waals surface area contributed by atoms with Crippen molar-refractivity contribution in [3.8, 4) is 22.5 Å². The van der Waals surface area contributed by atoms with Gasteiger partial charge in [-0.3, -0.25) is 4.40 Å². The first-order chi connectivity index (χ1) is 16.7. The summed E-state index contributed by atoms with van der Waals surface area (Å²) in [4.78, 5) is 21.0. The fourth-order valence-electron chi connectivity index (χ4n) is 3.80. The van der Waals surface area contributed by atoms with Gasteiger partial charge in [0.15, 0.2) is 5.69 Å². The van der Waals surface area contributed by atoms with E-state index < -0.39 is 5.97 Å². The second-order valence-corrected chi connectivity index (χ2v) is 7.59. The van der Waals surface area contributed by atoms with Gasteiger partial charge in [0, 0.05) is 23.9 Å². The van der Waals surface area contributed by atoms with Crippen molar-refractivity contribution in [2.45, 2.75) is 19.9 Å². The molecule has 5 aromatic rings. The van der Waals surface area contributed by atoms with Gasteiger partial charge in [0.1, 0.15) is 5.82 Å². The minimum atomic E-state index is -0.466. The van der Waals surface area contributed by atoms with Crippen LogP contribution < -0.4 is 5.32 Å². The number of aromatic nitrogens is 7. The van der Waals surface area contributed by atoms with Crippen LogP contribution in [0.5, 0.6) is 0 Å². The van der Waals surface area contributed by atoms with Crippen molar-refractivity contribution in [1.29, 1.82) is 0 Å². The largest absolute Gasteiger partial charge is 0.464 e. The number of carbonyl (C=O) groups is 1. The number of rotatable bonds is 7. The van der Waals surface area contributed by atoms with Crippen molar-refractivity contribution >= 4 is 17.6 Å². The topological polar surface area (TPSA) is 123 Å². The molecule has 0 aliphatic rings. The molecule has 5 rings (SSSR count). The highest BCUT2D eigenvalue weighted by Gasteiger charge is 2.17. The van der Waals surface area contributed by atoms with Gasteiger partial charge in [-0.25, -0.2) is 14.8 Å². The van der Waals surface area contributed by atoms with Crippen LogP contribution in [0.1, 0.15) is 28.7 Å². The number of benzene rings is 2. The van der Waals surface area contributed by atoms with Gasteiger partial charge in [-0.15, -0.1) is 10.2 Å². The van der Waals surface area contributed by atoms with Gasteiger partial charge < -0.3 is 10.1 Å². The quantitative estimate of drug-likeness (QED) is 0.358. The van der Waals surface area contributed by atoms with E-state index in [2.05, 4.69) is 60.2 Å². The molecule has 0 aliphatic carbocycles. The molecule has 10 nitrogen and oxygen atoms in total. The summed E-state index contributed by atoms with van der Waals surface area (Å²) in [6.45, 7) is 2.58. The zero-order valence-corrected chi connectivity index (χ0v) is 18.7. The molecule has 0 atom stereocenters. The second-order valence-electron chi connectivity index (χ2n) is 7.59. The fraction of sp³-hybridized carbons (Fsp3) is 0.167. The van der Waals surface area contributed by atoms with E-state index in [0.29, 0.717) is 23.8 Å². The predicted octanol–water partition coefficient (Wildman–Crippen LogP) is 3.54. The first-order valence-electron chi connectivity index (χ1n) is 10.8. The molecule has 0 aliphatic heterocycles. The number of nitrogens with zero attached hydrogens (tertiary/aromatic N) is 6. The average molecular weight is 454 g/mol. The van der Waals surface area contributed by atoms with Crippen LogP contribution in [-0.2, 0) is 17.7 Å². The van der Waals surface area contributed by atoms with Gasteiger partial charge in [0.25, 0.3) is 0 Å². The number of aromatic amines is 1. The minimum Gasteiger partial charge on any atom is -0.464 e. The lowest BCUT2D eigenvalue weighted by molar-refractivity contribution is 0.0593. The molecule has 0 saturated heterocycles. The van der Waals surface area contributed by atoms with E-state index in [0.717, 1.165) is 40.2 Å². The minimum absolute atomic E-state index is 0.323. The van der Waals surface area contributed by atoms with Crippen molar-refractivity contribution in [3.05, 3.63) is 77.7 Å². The van der Waals surface area contributed by atoms with Crippen molar-refractivity contribution in [3.63, 3.8) is 0 Å². The average Bonchev–Trinajstić information content (AvgIpc) is 3.57. The lowest BCUT2D eigenvalue weighted by Gasteiger charge is -2.13. The van der Waals surface area contributed by atoms with Gasteiger partial charge in [-0.2, -0.15) is 5.21 Å². The maximum absolute atomic E-state index is 12.2. The summed E-state index contributed by atoms with van der Waals surface area (Å²) in [5, 5.41) is 17.8. The molecular weight excluding hydrogens is 432 g/mol. The number of methoxy groups -OCH3 is 1. The van der Waals surface area contributed by atoms with E-state index in [9.17, 15) is 4.79 Å². The highest BCUT2D eigenvalue weighted by atomic mass is 16.5. The van der Waals surface area contributed by atoms with Gasteiger partial charge >= 0.3 is 5.97 Å². The fourth-order valence-corrected chi connectivity index (χ4v) is 3.80. The molecule has 0 unspecified atom stereocenters. The standard InChI is InChI=1S/C24H22N8O2/c1-3-17-12-21(32-20(23(33)34-2)14-26-24(32)27-17)25-13-15-8-10-16(11-9-15)18-6-4-5-7-19(18)22-28-30-31-29-22/h4-12,14,25H,3,13H2,1-2H3,(H,28,29,30,31). The van der Waals surface area contributed by atoms with Crippen LogP contribution in [0.2, 0.25) is 0 Å². The van der Waals surface area contributed by atoms with Crippen LogP contribution in [0, 0.1) is 0 Å². The Bertz CT molecular complexity index is 1440. The number of imidazole rings is 1. The van der Waals surface area contributed by atoms with E-state index in [1.165, 1.54) is 13.3 Å². The summed E-state index contributed by atoms with van der Waals surface area (Å²) < 4.78 is 6.58. The molecule has 34 heavy (non-hydrogen) atoms. The Morgan fingerprint density at radius 1 is 1.12 bits per heavy atom. The maximum Gasteiger partial charge on any atom is 0.356 e. The van der Waals surface area contributed by atoms with Gasteiger partial charge in [0.2, 0.25) is 11.6 Å². The number of esters is 1. The molecular formula is C24H22N8O2. The van der Waals surface area contributed by atoms with Crippen molar-refractivity contribution in [1.82, 2.24) is 35.0 Å². The summed E-state index contributed by atoms with van der Waals surface area (Å²) in [6, 6.07) is 18.1. The highest BCUT2D eigenvalue weighted by molar-refractivity contribution is 5.88. The number of carbonyl (C=O) groups excluding carboxylic acids is 1. The number of hydrogen-bond donors (Lipinski definition) is 2. The summed E-state index contributed by atoms with van der Waals surface area (Å²) >= 11 is 0. The number of aryl methyl sites for hydroxylation is 1. The lowest BCUT2D eigenvalue weighted by atomic mass is 9.98. The van der Waals surface area contributed by atoms with E-state index in [1.807, 2.05) is 37.3 Å². The number of anilines is 1. The van der Waals surface area contributed by atoms with Crippen LogP contribution >= 0.6 is 0 Å². The Morgan fingerprint density at radius 3 is 2.62 bits per heavy atom. The second kappa shape index (κ2) is 9.10. The monoisotopic (exact) mass is 454 g/mol. The van der Waals surface area contributed by atoms with Crippen molar-refractivity contribution < 1.29 is 9.53 Å². The molecule has 0 radical (unpaired) electrons. The third-order valence-corrected chi connectivity index (χ3v) is 5.54. The molecule has 3 heterocycles. The van der Waals surface area contributed by atoms with Crippen LogP contribution in [0.4, 0.5) is 5.82 Å². The first kappa shape index (κ1) is 21.3. The molecule has 2 N–H and O–H groups in total. The van der Waals surface area contributed by atoms with E-state index in [1.54, 1.807) is 4.40 Å². The Morgan fingerprint density at radius 2 is 1.91 bits per heavy atom. The zero-order chi connectivity index (χ0) is 23.5. The molecule has 2 aromatic carbocycles. The van der Waals surface area contributed by atoms with Crippen LogP contribution in [0.25, 0.3) is 28.3 Å². The van der Waals surface area contributed by atoms with Gasteiger partial charge in [0.05, 0.1) is 13.3 Å². The number of fused-ring (bicyclic) bond motifs is 1. The number of nitrogens with one attached hydrogen (secondary N) is 2. The number of H-pyrrole nitrogens is 1. The van der Waals surface area contributed by atoms with Crippen LogP contribution in [-0.4, -0.2) is 48.1 Å². The van der Waals surface area contributed by atoms with Gasteiger partial charge in [-0.05, 0) is 28.3 Å². The normalized spacial score (nSPS) is 11.0. The molecule has 10 heteroatoms. The van der Waals surface area contributed by atoms with Crippen LogP contribution in [0.15, 0.2) is 60.8 Å². The van der Waals surface area contributed by atoms with E-state index in [4.69, 9.17) is 4.74 Å². The Labute approximate surface area is 195 Å². The molecule has 0 bridgehead atoms. The van der Waals surface area contributed by atoms with Gasteiger partial charge in [-0.1, -0.05) is 55.5 Å². The summed E-state index contributed by atoms with van der Waals surface area (Å²) in [5.74, 6) is 1.27. The summed E-state index contributed by atoms with van der Waals surface area (Å²) in [5.41, 5.74) is 5.25. The third-order valence-electron chi connectivity index (χ3n) is 5.54. The Hall–Kier alpha value is -4.60. The first-order valence-corrected chi connectivity index (χ1v) is 10.8. The molecule has 170 valence electrons. The maximum atomic E-state index is 12.2. The molecule has 3 aromatic heterocycles. The molecule has 0 amide bonds. The number of tetrazole rings is 1. The summed E-state index contributed by atoms with van der Waals surface area (Å²) in [6.07, 6.45) is 2.23. The number of hydrogen-bond acceptors (Lipinski definition) is 8. The molecule has 0 spiro atoms. The molecule has 0 fully saturated rings. The van der Waals surface area contributed by atoms with E-state index in [-0.39, 0.29) is 0 Å². The van der Waals surface area contributed by atoms with E-state index >= 15 is 0 Å². The number of ether oxygens (including phenoxy) is 1. The smallest absolute Gasteiger partial charge is 0.356 e. The predicted molar refractivity (Wildman–Crippen MR) is 126 cm³/mol. The van der Waals surface area contributed by atoms with Crippen LogP contribution in [0.3, 0.4) is 0 Å². The Balaban J connectivity index is 1.41. The lowest BCUT2D eigenvalue weighted by Crippen LogP contribution is -2.12. The Kier molecular flexibility index (Phi) is 5.69. The third kappa shape index (κ3) is 3.96. The van der Waals surface area contributed by atoms with Crippen molar-refractivity contribution in [2.24, 2.45) is 0 Å².